The highest BCUT2D eigenvalue weighted by atomic mass is 16.5. The molecule has 168 valence electrons. The third kappa shape index (κ3) is 4.38. The minimum absolute atomic E-state index is 0.0480. The molecule has 1 N–H and O–H groups in total. The molecule has 2 aromatic carbocycles. The maximum Gasteiger partial charge on any atom is 0.244 e. The lowest BCUT2D eigenvalue weighted by Crippen LogP contribution is -2.31. The Hall–Kier alpha value is -3.21. The highest BCUT2D eigenvalue weighted by Gasteiger charge is 2.20. The lowest BCUT2D eigenvalue weighted by Gasteiger charge is -2.14. The van der Waals surface area contributed by atoms with Crippen LogP contribution in [0.15, 0.2) is 47.1 Å². The summed E-state index contributed by atoms with van der Waals surface area (Å²) in [6, 6.07) is 10.3. The fourth-order valence-corrected chi connectivity index (χ4v) is 4.58. The Bertz CT molecular complexity index is 1130. The van der Waals surface area contributed by atoms with Crippen molar-refractivity contribution in [1.82, 2.24) is 5.32 Å². The van der Waals surface area contributed by atoms with E-state index in [-0.39, 0.29) is 11.9 Å². The summed E-state index contributed by atoms with van der Waals surface area (Å²) in [5.41, 5.74) is 5.51. The number of allylic oxidation sites excluding steroid dienone is 1. The molecule has 0 aliphatic heterocycles. The van der Waals surface area contributed by atoms with Gasteiger partial charge in [0.2, 0.25) is 5.91 Å². The van der Waals surface area contributed by atoms with Crippen LogP contribution in [0.25, 0.3) is 27.7 Å². The summed E-state index contributed by atoms with van der Waals surface area (Å²) < 4.78 is 17.2. The van der Waals surface area contributed by atoms with Gasteiger partial charge in [0.15, 0.2) is 0 Å². The maximum atomic E-state index is 12.6. The molecule has 0 atom stereocenters. The summed E-state index contributed by atoms with van der Waals surface area (Å²) in [6.07, 6.45) is 7.96. The Balaban J connectivity index is 1.72. The quantitative estimate of drug-likeness (QED) is 0.446. The van der Waals surface area contributed by atoms with Gasteiger partial charge in [0.1, 0.15) is 17.1 Å². The van der Waals surface area contributed by atoms with Crippen molar-refractivity contribution in [1.29, 1.82) is 0 Å². The first-order valence-corrected chi connectivity index (χ1v) is 11.3. The van der Waals surface area contributed by atoms with Crippen molar-refractivity contribution in [3.8, 4) is 22.6 Å². The zero-order valence-corrected chi connectivity index (χ0v) is 19.3. The number of furan rings is 1. The van der Waals surface area contributed by atoms with Crippen LogP contribution in [0.3, 0.4) is 0 Å². The molecular formula is C27H31NO4. The number of aryl methyl sites for hydroxylation is 1. The topological polar surface area (TPSA) is 60.7 Å². The molecule has 1 heterocycles. The molecule has 0 radical (unpaired) electrons. The minimum Gasteiger partial charge on any atom is -0.496 e. The van der Waals surface area contributed by atoms with E-state index in [0.29, 0.717) is 6.61 Å². The van der Waals surface area contributed by atoms with E-state index in [1.807, 2.05) is 45.0 Å². The third-order valence-corrected chi connectivity index (χ3v) is 6.20. The first kappa shape index (κ1) is 22.0. The molecule has 0 bridgehead atoms. The van der Waals surface area contributed by atoms with Gasteiger partial charge in [-0.25, -0.2) is 0 Å². The molecular weight excluding hydrogens is 402 g/mol. The van der Waals surface area contributed by atoms with Gasteiger partial charge in [-0.05, 0) is 62.9 Å². The molecule has 1 saturated carbocycles. The smallest absolute Gasteiger partial charge is 0.244 e. The highest BCUT2D eigenvalue weighted by Crippen LogP contribution is 2.40. The van der Waals surface area contributed by atoms with Crippen LogP contribution in [0.4, 0.5) is 0 Å². The van der Waals surface area contributed by atoms with E-state index < -0.39 is 0 Å². The third-order valence-electron chi connectivity index (χ3n) is 6.20. The number of methoxy groups -OCH3 is 1. The number of ether oxygens (including phenoxy) is 2. The number of amides is 1. The number of carbonyl (C=O) groups excluding carboxylic acids is 1. The fraction of sp³-hybridized carbons (Fsp3) is 0.370. The van der Waals surface area contributed by atoms with Gasteiger partial charge in [0, 0.05) is 34.2 Å². The summed E-state index contributed by atoms with van der Waals surface area (Å²) in [5, 5.41) is 4.12. The maximum absolute atomic E-state index is 12.6. The number of hydrogen-bond donors (Lipinski definition) is 1. The average molecular weight is 434 g/mol. The molecule has 5 heteroatoms. The molecule has 1 aromatic heterocycles. The predicted molar refractivity (Wildman–Crippen MR) is 128 cm³/mol. The van der Waals surface area contributed by atoms with E-state index in [4.69, 9.17) is 13.9 Å². The molecule has 1 aliphatic carbocycles. The molecule has 1 amide bonds. The van der Waals surface area contributed by atoms with Crippen LogP contribution in [0.5, 0.6) is 11.5 Å². The van der Waals surface area contributed by atoms with E-state index in [0.717, 1.165) is 63.1 Å². The summed E-state index contributed by atoms with van der Waals surface area (Å²) >= 11 is 0. The number of fused-ring (bicyclic) bond motifs is 1. The number of rotatable bonds is 7. The van der Waals surface area contributed by atoms with Gasteiger partial charge in [0.25, 0.3) is 0 Å². The SMILES string of the molecule is CCOc1ccc(-c2coc3c(C)c(OC)c(/C(C)=C/C(=O)NC4CCCC4)cc23)cc1. The Kier molecular flexibility index (Phi) is 6.54. The monoisotopic (exact) mass is 433 g/mol. The second-order valence-electron chi connectivity index (χ2n) is 8.38. The second-order valence-corrected chi connectivity index (χ2v) is 8.38. The lowest BCUT2D eigenvalue weighted by molar-refractivity contribution is -0.117. The van der Waals surface area contributed by atoms with Crippen LogP contribution in [0.1, 0.15) is 50.7 Å². The molecule has 0 unspecified atom stereocenters. The van der Waals surface area contributed by atoms with Crippen LogP contribution in [-0.4, -0.2) is 25.7 Å². The zero-order chi connectivity index (χ0) is 22.7. The number of nitrogens with one attached hydrogen (secondary N) is 1. The molecule has 4 rings (SSSR count). The van der Waals surface area contributed by atoms with Gasteiger partial charge in [-0.3, -0.25) is 4.79 Å². The summed E-state index contributed by atoms with van der Waals surface area (Å²) in [7, 11) is 1.65. The first-order chi connectivity index (χ1) is 15.5. The Morgan fingerprint density at radius 3 is 2.59 bits per heavy atom. The molecule has 1 fully saturated rings. The van der Waals surface area contributed by atoms with Crippen LogP contribution < -0.4 is 14.8 Å². The Morgan fingerprint density at radius 1 is 1.22 bits per heavy atom. The van der Waals surface area contributed by atoms with Crippen molar-refractivity contribution in [2.24, 2.45) is 0 Å². The second kappa shape index (κ2) is 9.51. The summed E-state index contributed by atoms with van der Waals surface area (Å²) in [6.45, 7) is 6.55. The Labute approximate surface area is 189 Å². The summed E-state index contributed by atoms with van der Waals surface area (Å²) in [4.78, 5) is 12.6. The highest BCUT2D eigenvalue weighted by molar-refractivity contribution is 6.01. The van der Waals surface area contributed by atoms with Crippen molar-refractivity contribution < 1.29 is 18.7 Å². The zero-order valence-electron chi connectivity index (χ0n) is 19.3. The van der Waals surface area contributed by atoms with Gasteiger partial charge in [-0.2, -0.15) is 0 Å². The van der Waals surface area contributed by atoms with E-state index >= 15 is 0 Å². The van der Waals surface area contributed by atoms with Crippen molar-refractivity contribution >= 4 is 22.4 Å². The van der Waals surface area contributed by atoms with Crippen molar-refractivity contribution in [3.63, 3.8) is 0 Å². The number of hydrogen-bond acceptors (Lipinski definition) is 4. The predicted octanol–water partition coefficient (Wildman–Crippen LogP) is 6.28. The molecule has 0 spiro atoms. The largest absolute Gasteiger partial charge is 0.496 e. The van der Waals surface area contributed by atoms with Gasteiger partial charge < -0.3 is 19.2 Å². The van der Waals surface area contributed by atoms with Gasteiger partial charge in [-0.1, -0.05) is 25.0 Å². The van der Waals surface area contributed by atoms with Crippen LogP contribution in [0, 0.1) is 6.92 Å². The van der Waals surface area contributed by atoms with Crippen LogP contribution in [0.2, 0.25) is 0 Å². The molecule has 3 aromatic rings. The molecule has 5 nitrogen and oxygen atoms in total. The van der Waals surface area contributed by atoms with Gasteiger partial charge in [-0.15, -0.1) is 0 Å². The van der Waals surface area contributed by atoms with E-state index in [9.17, 15) is 4.79 Å². The van der Waals surface area contributed by atoms with Crippen molar-refractivity contribution in [2.45, 2.75) is 52.5 Å². The average Bonchev–Trinajstić information content (AvgIpc) is 3.44. The standard InChI is InChI=1S/C27H31NO4/c1-5-31-21-12-10-19(11-13-21)24-16-32-27-18(3)26(30-4)22(15-23(24)27)17(2)14-25(29)28-20-8-6-7-9-20/h10-16,20H,5-9H2,1-4H3,(H,28,29)/b17-14+. The normalized spacial score (nSPS) is 14.7. The number of carbonyl (C=O) groups is 1. The number of benzene rings is 2. The van der Waals surface area contributed by atoms with Crippen molar-refractivity contribution in [2.75, 3.05) is 13.7 Å². The van der Waals surface area contributed by atoms with E-state index in [1.54, 1.807) is 19.4 Å². The van der Waals surface area contributed by atoms with E-state index in [1.165, 1.54) is 12.8 Å². The van der Waals surface area contributed by atoms with Gasteiger partial charge >= 0.3 is 0 Å². The van der Waals surface area contributed by atoms with Gasteiger partial charge in [0.05, 0.1) is 20.0 Å². The summed E-state index contributed by atoms with van der Waals surface area (Å²) in [5.74, 6) is 1.52. The van der Waals surface area contributed by atoms with Crippen LogP contribution >= 0.6 is 0 Å². The minimum atomic E-state index is -0.0480. The Morgan fingerprint density at radius 2 is 1.94 bits per heavy atom. The first-order valence-electron chi connectivity index (χ1n) is 11.3. The van der Waals surface area contributed by atoms with E-state index in [2.05, 4.69) is 11.4 Å². The molecule has 1 aliphatic rings. The molecule has 32 heavy (non-hydrogen) atoms. The molecule has 0 saturated heterocycles. The lowest BCUT2D eigenvalue weighted by atomic mass is 9.96. The van der Waals surface area contributed by atoms with Crippen LogP contribution in [-0.2, 0) is 4.79 Å². The van der Waals surface area contributed by atoms with Crippen molar-refractivity contribution in [3.05, 3.63) is 53.8 Å². The fourth-order valence-electron chi connectivity index (χ4n) is 4.58.